The third-order valence-corrected chi connectivity index (χ3v) is 6.31. The number of primary amides is 1. The molecule has 0 aromatic heterocycles. The van der Waals surface area contributed by atoms with E-state index >= 15 is 0 Å². The Morgan fingerprint density at radius 3 is 2.59 bits per heavy atom. The fourth-order valence-electron chi connectivity index (χ4n) is 4.89. The molecule has 0 radical (unpaired) electrons. The first-order valence-electron chi connectivity index (χ1n) is 10.8. The van der Waals surface area contributed by atoms with Gasteiger partial charge in [-0.2, -0.15) is 0 Å². The van der Waals surface area contributed by atoms with Crippen LogP contribution in [0.3, 0.4) is 0 Å². The van der Waals surface area contributed by atoms with Gasteiger partial charge in [-0.1, -0.05) is 30.7 Å². The van der Waals surface area contributed by atoms with Gasteiger partial charge in [0, 0.05) is 36.8 Å². The van der Waals surface area contributed by atoms with E-state index in [1.807, 2.05) is 12.1 Å². The summed E-state index contributed by atoms with van der Waals surface area (Å²) in [6, 6.07) is 12.9. The van der Waals surface area contributed by atoms with Gasteiger partial charge < -0.3 is 10.6 Å². The minimum absolute atomic E-state index is 0.217. The summed E-state index contributed by atoms with van der Waals surface area (Å²) in [5.74, 6) is -0.336. The summed E-state index contributed by atoms with van der Waals surface area (Å²) >= 11 is 0. The molecule has 1 amide bonds. The van der Waals surface area contributed by atoms with Crippen LogP contribution in [0.2, 0.25) is 0 Å². The highest BCUT2D eigenvalue weighted by Gasteiger charge is 2.27. The SMILES string of the molecule is NC(=O)c1c(CN2CCCCC2)cccc1C1CCCN(c2cccc(F)c2)C1. The number of likely N-dealkylation sites (tertiary alicyclic amines) is 1. The molecule has 4 rings (SSSR count). The number of carbonyl (C=O) groups is 1. The number of carbonyl (C=O) groups excluding carboxylic acids is 1. The van der Waals surface area contributed by atoms with E-state index < -0.39 is 0 Å². The summed E-state index contributed by atoms with van der Waals surface area (Å²) < 4.78 is 13.7. The van der Waals surface area contributed by atoms with Gasteiger partial charge in [-0.25, -0.2) is 4.39 Å². The highest BCUT2D eigenvalue weighted by molar-refractivity contribution is 5.96. The lowest BCUT2D eigenvalue weighted by atomic mass is 9.85. The Hall–Kier alpha value is -2.40. The fourth-order valence-corrected chi connectivity index (χ4v) is 4.89. The molecule has 2 N–H and O–H groups in total. The molecule has 2 fully saturated rings. The van der Waals surface area contributed by atoms with E-state index in [2.05, 4.69) is 21.9 Å². The highest BCUT2D eigenvalue weighted by Crippen LogP contribution is 2.33. The van der Waals surface area contributed by atoms with Gasteiger partial charge in [0.05, 0.1) is 0 Å². The van der Waals surface area contributed by atoms with Gasteiger partial charge in [-0.15, -0.1) is 0 Å². The smallest absolute Gasteiger partial charge is 0.249 e. The van der Waals surface area contributed by atoms with Gasteiger partial charge >= 0.3 is 0 Å². The number of hydrogen-bond acceptors (Lipinski definition) is 3. The second-order valence-electron chi connectivity index (χ2n) is 8.35. The number of rotatable bonds is 5. The zero-order chi connectivity index (χ0) is 20.2. The molecule has 5 heteroatoms. The molecule has 0 spiro atoms. The minimum Gasteiger partial charge on any atom is -0.371 e. The first-order chi connectivity index (χ1) is 14.1. The molecule has 1 atom stereocenters. The van der Waals surface area contributed by atoms with Crippen LogP contribution < -0.4 is 10.6 Å². The first-order valence-corrected chi connectivity index (χ1v) is 10.8. The van der Waals surface area contributed by atoms with E-state index in [-0.39, 0.29) is 17.6 Å². The van der Waals surface area contributed by atoms with Gasteiger partial charge in [0.25, 0.3) is 0 Å². The molecule has 0 aliphatic carbocycles. The van der Waals surface area contributed by atoms with E-state index in [0.29, 0.717) is 5.56 Å². The van der Waals surface area contributed by atoms with Crippen molar-refractivity contribution in [1.29, 1.82) is 0 Å². The molecule has 2 saturated heterocycles. The van der Waals surface area contributed by atoms with Gasteiger partial charge in [0.2, 0.25) is 5.91 Å². The van der Waals surface area contributed by atoms with Crippen molar-refractivity contribution in [1.82, 2.24) is 4.90 Å². The van der Waals surface area contributed by atoms with Gasteiger partial charge in [0.1, 0.15) is 5.82 Å². The second-order valence-corrected chi connectivity index (χ2v) is 8.35. The van der Waals surface area contributed by atoms with E-state index in [1.54, 1.807) is 12.1 Å². The Balaban J connectivity index is 1.59. The molecule has 2 aliphatic rings. The number of nitrogens with two attached hydrogens (primary N) is 1. The number of halogens is 1. The highest BCUT2D eigenvalue weighted by atomic mass is 19.1. The van der Waals surface area contributed by atoms with Crippen molar-refractivity contribution in [2.75, 3.05) is 31.1 Å². The van der Waals surface area contributed by atoms with Crippen LogP contribution in [0.1, 0.15) is 59.5 Å². The van der Waals surface area contributed by atoms with Crippen molar-refractivity contribution < 1.29 is 9.18 Å². The van der Waals surface area contributed by atoms with Crippen LogP contribution in [0.4, 0.5) is 10.1 Å². The Bertz CT molecular complexity index is 863. The zero-order valence-corrected chi connectivity index (χ0v) is 16.9. The Morgan fingerprint density at radius 2 is 1.83 bits per heavy atom. The predicted octanol–water partition coefficient (Wildman–Crippen LogP) is 4.29. The van der Waals surface area contributed by atoms with Crippen molar-refractivity contribution in [2.45, 2.75) is 44.6 Å². The summed E-state index contributed by atoms with van der Waals surface area (Å²) in [5, 5.41) is 0. The standard InChI is InChI=1S/C24H30FN3O/c25-20-9-5-10-21(15-20)28-14-6-8-18(17-28)22-11-4-7-19(23(22)24(26)29)16-27-12-2-1-3-13-27/h4-5,7,9-11,15,18H,1-3,6,8,12-14,16-17H2,(H2,26,29). The molecule has 154 valence electrons. The number of anilines is 1. The van der Waals surface area contributed by atoms with E-state index in [1.165, 1.54) is 25.3 Å². The lowest BCUT2D eigenvalue weighted by molar-refractivity contribution is 0.0996. The quantitative estimate of drug-likeness (QED) is 0.821. The van der Waals surface area contributed by atoms with Crippen molar-refractivity contribution in [3.05, 3.63) is 65.0 Å². The molecule has 0 bridgehead atoms. The molecular weight excluding hydrogens is 365 g/mol. The number of hydrogen-bond donors (Lipinski definition) is 1. The first kappa shape index (κ1) is 19.9. The summed E-state index contributed by atoms with van der Waals surface area (Å²) in [4.78, 5) is 17.1. The normalized spacial score (nSPS) is 20.6. The van der Waals surface area contributed by atoms with Gasteiger partial charge in [-0.3, -0.25) is 9.69 Å². The number of nitrogens with zero attached hydrogens (tertiary/aromatic N) is 2. The number of benzene rings is 2. The second kappa shape index (κ2) is 8.95. The Kier molecular flexibility index (Phi) is 6.14. The van der Waals surface area contributed by atoms with Crippen LogP contribution in [0, 0.1) is 5.82 Å². The summed E-state index contributed by atoms with van der Waals surface area (Å²) in [6.07, 6.45) is 5.75. The Labute approximate surface area is 172 Å². The maximum Gasteiger partial charge on any atom is 0.249 e. The molecule has 2 aromatic rings. The molecule has 2 heterocycles. The third-order valence-electron chi connectivity index (χ3n) is 6.31. The van der Waals surface area contributed by atoms with Crippen LogP contribution in [-0.2, 0) is 6.54 Å². The molecule has 1 unspecified atom stereocenters. The predicted molar refractivity (Wildman–Crippen MR) is 115 cm³/mol. The van der Waals surface area contributed by atoms with Crippen LogP contribution in [0.15, 0.2) is 42.5 Å². The Morgan fingerprint density at radius 1 is 1.03 bits per heavy atom. The van der Waals surface area contributed by atoms with Gasteiger partial charge in [0.15, 0.2) is 0 Å². The van der Waals surface area contributed by atoms with Gasteiger partial charge in [-0.05, 0) is 68.1 Å². The van der Waals surface area contributed by atoms with E-state index in [4.69, 9.17) is 5.73 Å². The van der Waals surface area contributed by atoms with Crippen molar-refractivity contribution >= 4 is 11.6 Å². The summed E-state index contributed by atoms with van der Waals surface area (Å²) in [5.41, 5.74) is 9.56. The molecule has 2 aromatic carbocycles. The number of amides is 1. The fraction of sp³-hybridized carbons (Fsp3) is 0.458. The topological polar surface area (TPSA) is 49.6 Å². The maximum atomic E-state index is 13.7. The lowest BCUT2D eigenvalue weighted by Crippen LogP contribution is -2.35. The van der Waals surface area contributed by atoms with Crippen LogP contribution in [0.5, 0.6) is 0 Å². The van der Waals surface area contributed by atoms with Crippen LogP contribution >= 0.6 is 0 Å². The largest absolute Gasteiger partial charge is 0.371 e. The monoisotopic (exact) mass is 395 g/mol. The van der Waals surface area contributed by atoms with E-state index in [9.17, 15) is 9.18 Å². The molecule has 29 heavy (non-hydrogen) atoms. The lowest BCUT2D eigenvalue weighted by Gasteiger charge is -2.36. The molecular formula is C24H30FN3O. The molecule has 0 saturated carbocycles. The average Bonchev–Trinajstić information content (AvgIpc) is 2.74. The zero-order valence-electron chi connectivity index (χ0n) is 16.9. The average molecular weight is 396 g/mol. The third kappa shape index (κ3) is 4.61. The summed E-state index contributed by atoms with van der Waals surface area (Å²) in [6.45, 7) is 4.63. The van der Waals surface area contributed by atoms with Crippen molar-refractivity contribution in [3.8, 4) is 0 Å². The molecule has 4 nitrogen and oxygen atoms in total. The summed E-state index contributed by atoms with van der Waals surface area (Å²) in [7, 11) is 0. The van der Waals surface area contributed by atoms with Crippen molar-refractivity contribution in [2.24, 2.45) is 5.73 Å². The van der Waals surface area contributed by atoms with Crippen LogP contribution in [-0.4, -0.2) is 37.0 Å². The minimum atomic E-state index is -0.338. The molecule has 2 aliphatic heterocycles. The maximum absolute atomic E-state index is 13.7. The number of piperidine rings is 2. The van der Waals surface area contributed by atoms with Crippen molar-refractivity contribution in [3.63, 3.8) is 0 Å². The van der Waals surface area contributed by atoms with Crippen LogP contribution in [0.25, 0.3) is 0 Å². The van der Waals surface area contributed by atoms with E-state index in [0.717, 1.165) is 62.4 Å².